The number of benzene rings is 2. The van der Waals surface area contributed by atoms with Crippen LogP contribution in [0.15, 0.2) is 64.8 Å². The summed E-state index contributed by atoms with van der Waals surface area (Å²) in [6, 6.07) is 16.2. The summed E-state index contributed by atoms with van der Waals surface area (Å²) < 4.78 is 22.8. The molecule has 1 aliphatic heterocycles. The summed E-state index contributed by atoms with van der Waals surface area (Å²) in [5, 5.41) is 13.7. The van der Waals surface area contributed by atoms with Crippen LogP contribution in [0.4, 0.5) is 0 Å². The Labute approximate surface area is 221 Å². The first-order valence-electron chi connectivity index (χ1n) is 13.0. The molecule has 1 heterocycles. The number of likely N-dealkylation sites (tertiary alicyclic amines) is 1. The summed E-state index contributed by atoms with van der Waals surface area (Å²) in [6.45, 7) is 11.5. The molecule has 1 N–H and O–H groups in total. The van der Waals surface area contributed by atoms with E-state index in [2.05, 4.69) is 29.3 Å². The first kappa shape index (κ1) is 28.8. The van der Waals surface area contributed by atoms with Gasteiger partial charge in [0.25, 0.3) is 0 Å². The number of rotatable bonds is 12. The average molecular weight is 509 g/mol. The van der Waals surface area contributed by atoms with E-state index in [1.54, 1.807) is 0 Å². The van der Waals surface area contributed by atoms with Gasteiger partial charge in [-0.15, -0.1) is 0 Å². The van der Waals surface area contributed by atoms with Gasteiger partial charge in [-0.25, -0.2) is 0 Å². The molecule has 1 saturated heterocycles. The standard InChI is InChI=1S/C30H40N2O5/c1-6-34-29(35-7-2)24-14-10-22(11-15-24)18-26-20-32(5)21-27(28(26)31-33)19-23-12-16-25(17-13-23)30(36-8-3)37-9-4/h10-19,29-30,33H,6-9,20-21H2,1-5H3/b26-18+,27-19+. The minimum Gasteiger partial charge on any atom is -0.410 e. The van der Waals surface area contributed by atoms with E-state index in [0.717, 1.165) is 33.4 Å². The van der Waals surface area contributed by atoms with Gasteiger partial charge in [-0.05, 0) is 69.2 Å². The molecule has 0 aliphatic carbocycles. The molecule has 200 valence electrons. The Hall–Kier alpha value is -2.81. The van der Waals surface area contributed by atoms with E-state index < -0.39 is 0 Å². The van der Waals surface area contributed by atoms with Crippen LogP contribution in [0.1, 0.15) is 62.5 Å². The molecule has 0 unspecified atom stereocenters. The lowest BCUT2D eigenvalue weighted by Gasteiger charge is -2.28. The van der Waals surface area contributed by atoms with Crippen LogP contribution in [-0.4, -0.2) is 62.4 Å². The van der Waals surface area contributed by atoms with Gasteiger partial charge < -0.3 is 24.2 Å². The maximum atomic E-state index is 9.97. The van der Waals surface area contributed by atoms with Gasteiger partial charge in [0.2, 0.25) is 0 Å². The van der Waals surface area contributed by atoms with Crippen LogP contribution in [0.25, 0.3) is 12.2 Å². The highest BCUT2D eigenvalue weighted by atomic mass is 16.7. The molecule has 1 fully saturated rings. The molecule has 0 atom stereocenters. The molecule has 0 aromatic heterocycles. The van der Waals surface area contributed by atoms with Crippen molar-refractivity contribution in [1.29, 1.82) is 0 Å². The quantitative estimate of drug-likeness (QED) is 0.213. The van der Waals surface area contributed by atoms with E-state index >= 15 is 0 Å². The third-order valence-corrected chi connectivity index (χ3v) is 5.96. The van der Waals surface area contributed by atoms with Crippen LogP contribution in [0.3, 0.4) is 0 Å². The molecular formula is C30H40N2O5. The highest BCUT2D eigenvalue weighted by Gasteiger charge is 2.23. The van der Waals surface area contributed by atoms with Crippen molar-refractivity contribution in [2.75, 3.05) is 46.6 Å². The van der Waals surface area contributed by atoms with Crippen LogP contribution in [0.2, 0.25) is 0 Å². The van der Waals surface area contributed by atoms with Crippen LogP contribution in [0.5, 0.6) is 0 Å². The summed E-state index contributed by atoms with van der Waals surface area (Å²) in [5.74, 6) is 0. The number of likely N-dealkylation sites (N-methyl/N-ethyl adjacent to an activating group) is 1. The Kier molecular flexibility index (Phi) is 11.5. The van der Waals surface area contributed by atoms with E-state index in [9.17, 15) is 5.21 Å². The third-order valence-electron chi connectivity index (χ3n) is 5.96. The van der Waals surface area contributed by atoms with Gasteiger partial charge in [-0.1, -0.05) is 53.7 Å². The molecule has 0 radical (unpaired) electrons. The summed E-state index contributed by atoms with van der Waals surface area (Å²) in [5.41, 5.74) is 6.49. The highest BCUT2D eigenvalue weighted by molar-refractivity contribution is 6.17. The molecule has 2 aromatic carbocycles. The predicted octanol–water partition coefficient (Wildman–Crippen LogP) is 6.07. The van der Waals surface area contributed by atoms with Gasteiger partial charge >= 0.3 is 0 Å². The van der Waals surface area contributed by atoms with Crippen LogP contribution in [0, 0.1) is 0 Å². The van der Waals surface area contributed by atoms with Gasteiger partial charge in [0.15, 0.2) is 12.6 Å². The molecule has 7 nitrogen and oxygen atoms in total. The molecule has 1 aliphatic rings. The molecular weight excluding hydrogens is 468 g/mol. The van der Waals surface area contributed by atoms with E-state index in [4.69, 9.17) is 18.9 Å². The minimum atomic E-state index is -0.370. The fourth-order valence-electron chi connectivity index (χ4n) is 4.34. The number of ether oxygens (including phenoxy) is 4. The zero-order valence-corrected chi connectivity index (χ0v) is 22.6. The summed E-state index contributed by atoms with van der Waals surface area (Å²) >= 11 is 0. The molecule has 0 bridgehead atoms. The summed E-state index contributed by atoms with van der Waals surface area (Å²) in [7, 11) is 2.06. The SMILES string of the molecule is CCOC(OCC)c1ccc(/C=C2\CN(C)C/C(=C\c3ccc(C(OCC)OCC)cc3)C2=NO)cc1. The van der Waals surface area contributed by atoms with E-state index in [1.165, 1.54) is 0 Å². The smallest absolute Gasteiger partial charge is 0.183 e. The highest BCUT2D eigenvalue weighted by Crippen LogP contribution is 2.25. The Bertz CT molecular complexity index is 967. The van der Waals surface area contributed by atoms with Gasteiger partial charge in [0.05, 0.1) is 0 Å². The summed E-state index contributed by atoms with van der Waals surface area (Å²) in [4.78, 5) is 2.20. The number of oxime groups is 1. The van der Waals surface area contributed by atoms with Crippen molar-refractivity contribution in [3.63, 3.8) is 0 Å². The van der Waals surface area contributed by atoms with Crippen molar-refractivity contribution in [2.45, 2.75) is 40.3 Å². The number of piperidine rings is 1. The Morgan fingerprint density at radius 2 is 1.05 bits per heavy atom. The number of hydrogen-bond donors (Lipinski definition) is 1. The van der Waals surface area contributed by atoms with Gasteiger partial charge in [0, 0.05) is 50.6 Å². The molecule has 3 rings (SSSR count). The van der Waals surface area contributed by atoms with E-state index in [-0.39, 0.29) is 12.6 Å². The monoisotopic (exact) mass is 508 g/mol. The Balaban J connectivity index is 1.83. The largest absolute Gasteiger partial charge is 0.410 e. The van der Waals surface area contributed by atoms with Crippen LogP contribution < -0.4 is 0 Å². The van der Waals surface area contributed by atoms with Crippen molar-refractivity contribution in [3.05, 3.63) is 81.9 Å². The lowest BCUT2D eigenvalue weighted by atomic mass is 9.93. The number of hydrogen-bond acceptors (Lipinski definition) is 7. The lowest BCUT2D eigenvalue weighted by molar-refractivity contribution is -0.140. The fourth-order valence-corrected chi connectivity index (χ4v) is 4.34. The van der Waals surface area contributed by atoms with Gasteiger partial charge in [-0.3, -0.25) is 4.90 Å². The maximum absolute atomic E-state index is 9.97. The minimum absolute atomic E-state index is 0.370. The second-order valence-corrected chi connectivity index (χ2v) is 8.78. The normalized spacial score (nSPS) is 16.9. The van der Waals surface area contributed by atoms with Crippen molar-refractivity contribution in [2.24, 2.45) is 5.16 Å². The lowest BCUT2D eigenvalue weighted by Crippen LogP contribution is -2.34. The van der Waals surface area contributed by atoms with Crippen molar-refractivity contribution >= 4 is 17.9 Å². The molecule has 0 saturated carbocycles. The van der Waals surface area contributed by atoms with Crippen LogP contribution >= 0.6 is 0 Å². The molecule has 7 heteroatoms. The van der Waals surface area contributed by atoms with Crippen molar-refractivity contribution in [3.8, 4) is 0 Å². The van der Waals surface area contributed by atoms with Gasteiger partial charge in [-0.2, -0.15) is 0 Å². The first-order valence-corrected chi connectivity index (χ1v) is 13.0. The maximum Gasteiger partial charge on any atom is 0.183 e. The predicted molar refractivity (Wildman–Crippen MR) is 148 cm³/mol. The molecule has 0 amide bonds. The first-order chi connectivity index (χ1) is 18.0. The zero-order chi connectivity index (χ0) is 26.6. The molecule has 0 spiro atoms. The second kappa shape index (κ2) is 14.8. The second-order valence-electron chi connectivity index (χ2n) is 8.78. The van der Waals surface area contributed by atoms with Gasteiger partial charge in [0.1, 0.15) is 5.71 Å². The zero-order valence-electron chi connectivity index (χ0n) is 22.6. The molecule has 37 heavy (non-hydrogen) atoms. The molecule has 2 aromatic rings. The Morgan fingerprint density at radius 3 is 1.35 bits per heavy atom. The van der Waals surface area contributed by atoms with E-state index in [0.29, 0.717) is 45.2 Å². The van der Waals surface area contributed by atoms with Crippen LogP contribution in [-0.2, 0) is 18.9 Å². The number of nitrogens with zero attached hydrogens (tertiary/aromatic N) is 2. The fraction of sp³-hybridized carbons (Fsp3) is 0.433. The third kappa shape index (κ3) is 8.09. The van der Waals surface area contributed by atoms with Crippen molar-refractivity contribution in [1.82, 2.24) is 4.90 Å². The summed E-state index contributed by atoms with van der Waals surface area (Å²) in [6.07, 6.45) is 3.39. The Morgan fingerprint density at radius 1 is 0.703 bits per heavy atom. The average Bonchev–Trinajstić information content (AvgIpc) is 2.89. The van der Waals surface area contributed by atoms with E-state index in [1.807, 2.05) is 76.2 Å². The van der Waals surface area contributed by atoms with Crippen molar-refractivity contribution < 1.29 is 24.2 Å². The topological polar surface area (TPSA) is 72.8 Å².